The van der Waals surface area contributed by atoms with Crippen LogP contribution in [0.4, 0.5) is 13.2 Å². The van der Waals surface area contributed by atoms with Gasteiger partial charge in [0, 0.05) is 17.5 Å². The number of amides is 1. The summed E-state index contributed by atoms with van der Waals surface area (Å²) in [6.07, 6.45) is -4.39. The SMILES string of the molecule is COc1cccc(C(=O)NCC(C)(C)c2cccc(C(F)(F)F)c2)c1. The van der Waals surface area contributed by atoms with Crippen molar-refractivity contribution < 1.29 is 22.7 Å². The quantitative estimate of drug-likeness (QED) is 0.866. The molecule has 2 aromatic rings. The summed E-state index contributed by atoms with van der Waals surface area (Å²) in [6.45, 7) is 3.77. The smallest absolute Gasteiger partial charge is 0.416 e. The van der Waals surface area contributed by atoms with Crippen molar-refractivity contribution >= 4 is 5.91 Å². The second-order valence-corrected chi connectivity index (χ2v) is 6.38. The molecule has 0 atom stereocenters. The predicted octanol–water partition coefficient (Wildman–Crippen LogP) is 4.42. The maximum absolute atomic E-state index is 12.9. The van der Waals surface area contributed by atoms with E-state index >= 15 is 0 Å². The number of carbonyl (C=O) groups excluding carboxylic acids is 1. The highest BCUT2D eigenvalue weighted by atomic mass is 19.4. The molecule has 0 saturated carbocycles. The lowest BCUT2D eigenvalue weighted by atomic mass is 9.83. The van der Waals surface area contributed by atoms with Crippen molar-refractivity contribution in [3.63, 3.8) is 0 Å². The lowest BCUT2D eigenvalue weighted by molar-refractivity contribution is -0.137. The van der Waals surface area contributed by atoms with Crippen LogP contribution in [0.25, 0.3) is 0 Å². The van der Waals surface area contributed by atoms with Crippen LogP contribution in [0.15, 0.2) is 48.5 Å². The normalized spacial score (nSPS) is 11.9. The van der Waals surface area contributed by atoms with Crippen molar-refractivity contribution in [3.05, 3.63) is 65.2 Å². The topological polar surface area (TPSA) is 38.3 Å². The Morgan fingerprint density at radius 3 is 2.32 bits per heavy atom. The predicted molar refractivity (Wildman–Crippen MR) is 89.8 cm³/mol. The third-order valence-electron chi connectivity index (χ3n) is 3.99. The Labute approximate surface area is 144 Å². The third kappa shape index (κ3) is 4.75. The van der Waals surface area contributed by atoms with Crippen LogP contribution >= 0.6 is 0 Å². The molecule has 0 aliphatic rings. The largest absolute Gasteiger partial charge is 0.497 e. The van der Waals surface area contributed by atoms with Crippen molar-refractivity contribution in [1.29, 1.82) is 0 Å². The lowest BCUT2D eigenvalue weighted by Crippen LogP contribution is -2.36. The first-order valence-corrected chi connectivity index (χ1v) is 7.73. The average Bonchev–Trinajstić information content (AvgIpc) is 2.59. The zero-order valence-corrected chi connectivity index (χ0v) is 14.3. The molecule has 0 aromatic heterocycles. The van der Waals surface area contributed by atoms with Gasteiger partial charge < -0.3 is 10.1 Å². The van der Waals surface area contributed by atoms with Gasteiger partial charge in [0.25, 0.3) is 5.91 Å². The molecule has 0 aliphatic heterocycles. The summed E-state index contributed by atoms with van der Waals surface area (Å²) < 4.78 is 43.7. The molecule has 6 heteroatoms. The van der Waals surface area contributed by atoms with Gasteiger partial charge in [0.05, 0.1) is 12.7 Å². The number of hydrogen-bond acceptors (Lipinski definition) is 2. The van der Waals surface area contributed by atoms with E-state index in [0.717, 1.165) is 12.1 Å². The molecule has 0 spiro atoms. The first kappa shape index (κ1) is 18.8. The molecule has 3 nitrogen and oxygen atoms in total. The van der Waals surface area contributed by atoms with Crippen LogP contribution in [0, 0.1) is 0 Å². The molecule has 0 heterocycles. The molecule has 1 amide bonds. The average molecular weight is 351 g/mol. The minimum absolute atomic E-state index is 0.199. The van der Waals surface area contributed by atoms with E-state index in [1.807, 2.05) is 0 Å². The maximum Gasteiger partial charge on any atom is 0.416 e. The summed E-state index contributed by atoms with van der Waals surface area (Å²) in [5.74, 6) is 0.253. The van der Waals surface area contributed by atoms with Gasteiger partial charge in [-0.25, -0.2) is 0 Å². The molecule has 134 valence electrons. The zero-order valence-electron chi connectivity index (χ0n) is 14.3. The number of benzene rings is 2. The summed E-state index contributed by atoms with van der Waals surface area (Å²) in [6, 6.07) is 11.8. The number of alkyl halides is 3. The first-order valence-electron chi connectivity index (χ1n) is 7.73. The van der Waals surface area contributed by atoms with Crippen LogP contribution in [-0.2, 0) is 11.6 Å². The summed E-state index contributed by atoms with van der Waals surface area (Å²) in [5, 5.41) is 2.77. The van der Waals surface area contributed by atoms with Crippen molar-refractivity contribution in [2.75, 3.05) is 13.7 Å². The molecule has 0 aliphatic carbocycles. The summed E-state index contributed by atoms with van der Waals surface area (Å²) in [7, 11) is 1.51. The van der Waals surface area contributed by atoms with Gasteiger partial charge in [0.2, 0.25) is 0 Å². The second-order valence-electron chi connectivity index (χ2n) is 6.38. The number of halogens is 3. The third-order valence-corrected chi connectivity index (χ3v) is 3.99. The van der Waals surface area contributed by atoms with Gasteiger partial charge in [-0.2, -0.15) is 13.2 Å². The molecule has 0 saturated heterocycles. The molecule has 25 heavy (non-hydrogen) atoms. The molecule has 0 radical (unpaired) electrons. The fourth-order valence-corrected chi connectivity index (χ4v) is 2.39. The van der Waals surface area contributed by atoms with Gasteiger partial charge in [-0.15, -0.1) is 0 Å². The van der Waals surface area contributed by atoms with Gasteiger partial charge in [-0.3, -0.25) is 4.79 Å². The van der Waals surface area contributed by atoms with E-state index < -0.39 is 17.2 Å². The first-order chi connectivity index (χ1) is 11.6. The van der Waals surface area contributed by atoms with Crippen LogP contribution < -0.4 is 10.1 Å². The number of ether oxygens (including phenoxy) is 1. The van der Waals surface area contributed by atoms with Crippen molar-refractivity contribution in [3.8, 4) is 5.75 Å². The number of rotatable bonds is 5. The fraction of sp³-hybridized carbons (Fsp3) is 0.316. The van der Waals surface area contributed by atoms with Gasteiger partial charge in [0.1, 0.15) is 5.75 Å². The van der Waals surface area contributed by atoms with Crippen LogP contribution in [0.1, 0.15) is 35.3 Å². The molecule has 0 fully saturated rings. The number of methoxy groups -OCH3 is 1. The summed E-state index contributed by atoms with van der Waals surface area (Å²) in [4.78, 5) is 12.3. The minimum atomic E-state index is -4.39. The van der Waals surface area contributed by atoms with Crippen molar-refractivity contribution in [2.24, 2.45) is 0 Å². The lowest BCUT2D eigenvalue weighted by Gasteiger charge is -2.26. The highest BCUT2D eigenvalue weighted by Gasteiger charge is 2.32. The van der Waals surface area contributed by atoms with E-state index in [1.54, 1.807) is 44.2 Å². The maximum atomic E-state index is 12.9. The fourth-order valence-electron chi connectivity index (χ4n) is 2.39. The molecule has 0 bridgehead atoms. The highest BCUT2D eigenvalue weighted by molar-refractivity contribution is 5.94. The molecule has 2 rings (SSSR count). The Morgan fingerprint density at radius 1 is 1.04 bits per heavy atom. The standard InChI is InChI=1S/C19H20F3NO2/c1-18(2,14-7-5-8-15(11-14)19(20,21)22)12-23-17(24)13-6-4-9-16(10-13)25-3/h4-11H,12H2,1-3H3,(H,23,24). The molecular weight excluding hydrogens is 331 g/mol. The Hall–Kier alpha value is -2.50. The Balaban J connectivity index is 2.12. The minimum Gasteiger partial charge on any atom is -0.497 e. The molecule has 0 unspecified atom stereocenters. The van der Waals surface area contributed by atoms with Crippen LogP contribution in [0.2, 0.25) is 0 Å². The zero-order chi connectivity index (χ0) is 18.7. The molecule has 2 aromatic carbocycles. The van der Waals surface area contributed by atoms with Gasteiger partial charge in [-0.05, 0) is 29.8 Å². The van der Waals surface area contributed by atoms with E-state index in [4.69, 9.17) is 4.74 Å². The van der Waals surface area contributed by atoms with Gasteiger partial charge in [0.15, 0.2) is 0 Å². The second kappa shape index (κ2) is 7.17. The molecule has 1 N–H and O–H groups in total. The van der Waals surface area contributed by atoms with Crippen molar-refractivity contribution in [2.45, 2.75) is 25.4 Å². The van der Waals surface area contributed by atoms with Crippen LogP contribution in [0.5, 0.6) is 5.75 Å². The summed E-state index contributed by atoms with van der Waals surface area (Å²) in [5.41, 5.74) is -0.417. The van der Waals surface area contributed by atoms with E-state index in [1.165, 1.54) is 13.2 Å². The number of carbonyl (C=O) groups is 1. The molecular formula is C19H20F3NO2. The Kier molecular flexibility index (Phi) is 5.40. The summed E-state index contributed by atoms with van der Waals surface area (Å²) >= 11 is 0. The number of nitrogens with one attached hydrogen (secondary N) is 1. The van der Waals surface area contributed by atoms with E-state index in [9.17, 15) is 18.0 Å². The Morgan fingerprint density at radius 2 is 1.68 bits per heavy atom. The van der Waals surface area contributed by atoms with Gasteiger partial charge in [-0.1, -0.05) is 38.1 Å². The van der Waals surface area contributed by atoms with E-state index in [2.05, 4.69) is 5.32 Å². The van der Waals surface area contributed by atoms with E-state index in [0.29, 0.717) is 16.9 Å². The number of hydrogen-bond donors (Lipinski definition) is 1. The monoisotopic (exact) mass is 351 g/mol. The van der Waals surface area contributed by atoms with E-state index in [-0.39, 0.29) is 12.5 Å². The van der Waals surface area contributed by atoms with Crippen LogP contribution in [0.3, 0.4) is 0 Å². The van der Waals surface area contributed by atoms with Crippen LogP contribution in [-0.4, -0.2) is 19.6 Å². The highest BCUT2D eigenvalue weighted by Crippen LogP contribution is 2.32. The van der Waals surface area contributed by atoms with Crippen molar-refractivity contribution in [1.82, 2.24) is 5.32 Å². The Bertz CT molecular complexity index is 754. The van der Waals surface area contributed by atoms with Gasteiger partial charge >= 0.3 is 6.18 Å².